The third kappa shape index (κ3) is 51.4. The summed E-state index contributed by atoms with van der Waals surface area (Å²) in [6.07, 6.45) is 0.987. The smallest absolute Gasteiger partial charge is 0.0698 e. The maximum atomic E-state index is 8.19. The first-order valence-electron chi connectivity index (χ1n) is 10.7. The van der Waals surface area contributed by atoms with E-state index < -0.39 is 0 Å². The van der Waals surface area contributed by atoms with E-state index >= 15 is 0 Å². The van der Waals surface area contributed by atoms with Crippen molar-refractivity contribution in [1.29, 1.82) is 0 Å². The number of methoxy groups -OCH3 is 1. The van der Waals surface area contributed by atoms with Crippen molar-refractivity contribution in [3.63, 3.8) is 0 Å². The molecule has 0 aliphatic rings. The second-order valence-corrected chi connectivity index (χ2v) is 5.70. The van der Waals surface area contributed by atoms with Crippen LogP contribution in [0.1, 0.15) is 5.56 Å². The van der Waals surface area contributed by atoms with Crippen LogP contribution in [-0.4, -0.2) is 108 Å². The minimum Gasteiger partial charge on any atom is -0.395 e. The van der Waals surface area contributed by atoms with E-state index in [0.717, 1.165) is 19.5 Å². The van der Waals surface area contributed by atoms with Crippen molar-refractivity contribution in [3.05, 3.63) is 35.9 Å². The molecule has 0 unspecified atom stereocenters. The van der Waals surface area contributed by atoms with Crippen LogP contribution in [0.3, 0.4) is 0 Å². The van der Waals surface area contributed by atoms with E-state index in [0.29, 0.717) is 52.5 Å². The van der Waals surface area contributed by atoms with Gasteiger partial charge in [0.1, 0.15) is 0 Å². The van der Waals surface area contributed by atoms with Crippen molar-refractivity contribution in [2.24, 2.45) is 28.7 Å². The Morgan fingerprint density at radius 1 is 0.688 bits per heavy atom. The number of aliphatic hydroxyl groups is 3. The van der Waals surface area contributed by atoms with Crippen molar-refractivity contribution in [2.75, 3.05) is 92.6 Å². The Labute approximate surface area is 194 Å². The van der Waals surface area contributed by atoms with E-state index in [-0.39, 0.29) is 19.8 Å². The van der Waals surface area contributed by atoms with Crippen LogP contribution in [0.2, 0.25) is 0 Å². The van der Waals surface area contributed by atoms with E-state index in [1.165, 1.54) is 5.56 Å². The van der Waals surface area contributed by atoms with E-state index in [4.69, 9.17) is 48.7 Å². The van der Waals surface area contributed by atoms with Gasteiger partial charge in [0.05, 0.1) is 39.6 Å². The second kappa shape index (κ2) is 43.6. The maximum absolute atomic E-state index is 8.19. The lowest BCUT2D eigenvalue weighted by molar-refractivity contribution is 0.0976. The summed E-state index contributed by atoms with van der Waals surface area (Å²) in [5.74, 6) is 0. The van der Waals surface area contributed by atoms with Gasteiger partial charge in [-0.05, 0) is 18.5 Å². The molecule has 11 heteroatoms. The van der Waals surface area contributed by atoms with Crippen LogP contribution in [0.25, 0.3) is 0 Å². The topological polar surface area (TPSA) is 221 Å². The largest absolute Gasteiger partial charge is 0.395 e. The number of hydrogen-bond acceptors (Lipinski definition) is 11. The standard InChI is InChI=1S/C8H11N.C4H12N2O.C4H11NO2.C3H9NO.C2H7NO/c9-7-6-8-4-2-1-3-5-8;5-1-2-6-3-4-7;5-1-3-7-4-2-6;1-5-3-2-4;3-1-2-4/h1-5H,6-7,9H2;6-7H,1-5H2;6H,1-5H2;2-4H2,1H3;4H,1-3H2. The van der Waals surface area contributed by atoms with Crippen LogP contribution in [0.4, 0.5) is 0 Å². The zero-order valence-corrected chi connectivity index (χ0v) is 19.8. The van der Waals surface area contributed by atoms with Gasteiger partial charge in [0.15, 0.2) is 0 Å². The molecule has 32 heavy (non-hydrogen) atoms. The fraction of sp³-hybridized carbons (Fsp3) is 0.714. The average molecular weight is 467 g/mol. The first kappa shape index (κ1) is 38.1. The third-order valence-electron chi connectivity index (χ3n) is 2.83. The fourth-order valence-corrected chi connectivity index (χ4v) is 1.49. The van der Waals surface area contributed by atoms with E-state index in [9.17, 15) is 0 Å². The average Bonchev–Trinajstić information content (AvgIpc) is 2.83. The number of nitrogens with one attached hydrogen (secondary N) is 1. The van der Waals surface area contributed by atoms with Gasteiger partial charge < -0.3 is 58.8 Å². The zero-order chi connectivity index (χ0) is 25.1. The van der Waals surface area contributed by atoms with Crippen molar-refractivity contribution in [3.8, 4) is 0 Å². The molecule has 0 bridgehead atoms. The van der Waals surface area contributed by atoms with Gasteiger partial charge in [0.25, 0.3) is 0 Å². The monoisotopic (exact) mass is 466 g/mol. The highest BCUT2D eigenvalue weighted by molar-refractivity contribution is 5.14. The molecule has 0 amide bonds. The first-order chi connectivity index (χ1) is 15.6. The van der Waals surface area contributed by atoms with Gasteiger partial charge in [0, 0.05) is 46.4 Å². The minimum atomic E-state index is 0.0833. The molecule has 11 nitrogen and oxygen atoms in total. The van der Waals surface area contributed by atoms with Gasteiger partial charge in [-0.3, -0.25) is 0 Å². The highest BCUT2D eigenvalue weighted by Crippen LogP contribution is 1.96. The van der Waals surface area contributed by atoms with E-state index in [1.807, 2.05) is 18.2 Å². The molecule has 0 aliphatic carbocycles. The van der Waals surface area contributed by atoms with Crippen LogP contribution in [0, 0.1) is 0 Å². The highest BCUT2D eigenvalue weighted by atomic mass is 16.5. The molecule has 1 aromatic rings. The van der Waals surface area contributed by atoms with Gasteiger partial charge in [-0.1, -0.05) is 30.3 Å². The summed E-state index contributed by atoms with van der Waals surface area (Å²) in [6, 6.07) is 10.3. The Bertz CT molecular complexity index is 359. The lowest BCUT2D eigenvalue weighted by Crippen LogP contribution is -2.24. The molecule has 1 aromatic carbocycles. The molecule has 0 fully saturated rings. The summed E-state index contributed by atoms with van der Waals surface area (Å²) in [6.45, 7) is 6.33. The summed E-state index contributed by atoms with van der Waals surface area (Å²) in [5.41, 5.74) is 26.7. The Kier molecular flexibility index (Phi) is 51.9. The molecule has 0 spiro atoms. The van der Waals surface area contributed by atoms with Gasteiger partial charge >= 0.3 is 0 Å². The molecular weight excluding hydrogens is 416 g/mol. The fourth-order valence-electron chi connectivity index (χ4n) is 1.49. The molecule has 0 heterocycles. The molecule has 0 aliphatic heterocycles. The lowest BCUT2D eigenvalue weighted by atomic mass is 10.2. The van der Waals surface area contributed by atoms with Gasteiger partial charge in [-0.2, -0.15) is 0 Å². The van der Waals surface area contributed by atoms with Crippen molar-refractivity contribution in [2.45, 2.75) is 6.42 Å². The number of rotatable bonds is 13. The normalized spacial score (nSPS) is 9.03. The Morgan fingerprint density at radius 2 is 1.28 bits per heavy atom. The summed E-state index contributed by atoms with van der Waals surface area (Å²) in [4.78, 5) is 0. The van der Waals surface area contributed by atoms with Crippen LogP contribution in [0.15, 0.2) is 30.3 Å². The SMILES string of the molecule is COCCN.NCCNCCO.NCCO.NCCOCCO.NCCc1ccccc1. The number of ether oxygens (including phenoxy) is 2. The summed E-state index contributed by atoms with van der Waals surface area (Å²) < 4.78 is 9.32. The first-order valence-corrected chi connectivity index (χ1v) is 10.7. The predicted molar refractivity (Wildman–Crippen MR) is 132 cm³/mol. The molecule has 1 rings (SSSR count). The van der Waals surface area contributed by atoms with E-state index in [1.54, 1.807) is 7.11 Å². The number of aliphatic hydroxyl groups excluding tert-OH is 3. The molecule has 0 atom stereocenters. The number of hydrogen-bond donors (Lipinski definition) is 9. The highest BCUT2D eigenvalue weighted by Gasteiger charge is 1.84. The zero-order valence-electron chi connectivity index (χ0n) is 19.8. The molecule has 0 radical (unpaired) electrons. The Hall–Kier alpha value is -1.22. The van der Waals surface area contributed by atoms with Crippen molar-refractivity contribution in [1.82, 2.24) is 5.32 Å². The Morgan fingerprint density at radius 3 is 1.62 bits per heavy atom. The van der Waals surface area contributed by atoms with Crippen LogP contribution >= 0.6 is 0 Å². The third-order valence-corrected chi connectivity index (χ3v) is 2.83. The van der Waals surface area contributed by atoms with Crippen molar-refractivity contribution >= 4 is 0 Å². The summed E-state index contributed by atoms with van der Waals surface area (Å²) in [7, 11) is 1.63. The second-order valence-electron chi connectivity index (χ2n) is 5.70. The minimum absolute atomic E-state index is 0.0833. The molecule has 0 aromatic heterocycles. The molecular formula is C21H50N6O5. The quantitative estimate of drug-likeness (QED) is 0.135. The number of benzene rings is 1. The lowest BCUT2D eigenvalue weighted by Gasteiger charge is -1.95. The van der Waals surface area contributed by atoms with Crippen LogP contribution in [0.5, 0.6) is 0 Å². The van der Waals surface area contributed by atoms with Gasteiger partial charge in [-0.25, -0.2) is 0 Å². The van der Waals surface area contributed by atoms with E-state index in [2.05, 4.69) is 22.2 Å². The van der Waals surface area contributed by atoms with Crippen LogP contribution in [-0.2, 0) is 15.9 Å². The molecule has 0 saturated carbocycles. The van der Waals surface area contributed by atoms with Gasteiger partial charge in [0.2, 0.25) is 0 Å². The summed E-state index contributed by atoms with van der Waals surface area (Å²) in [5, 5.41) is 27.0. The molecule has 194 valence electrons. The molecule has 14 N–H and O–H groups in total. The maximum Gasteiger partial charge on any atom is 0.0698 e. The van der Waals surface area contributed by atoms with Crippen LogP contribution < -0.4 is 34.0 Å². The Balaban J connectivity index is -0.000000158. The van der Waals surface area contributed by atoms with Crippen molar-refractivity contribution < 1.29 is 24.8 Å². The number of nitrogens with two attached hydrogens (primary N) is 5. The van der Waals surface area contributed by atoms with Gasteiger partial charge in [-0.15, -0.1) is 0 Å². The predicted octanol–water partition coefficient (Wildman–Crippen LogP) is -2.80. The summed E-state index contributed by atoms with van der Waals surface area (Å²) >= 11 is 0. The molecule has 0 saturated heterocycles.